The number of benzene rings is 1. The summed E-state index contributed by atoms with van der Waals surface area (Å²) in [7, 11) is 0. The van der Waals surface area contributed by atoms with Crippen molar-refractivity contribution in [1.82, 2.24) is 4.83 Å². The van der Waals surface area contributed by atoms with Gasteiger partial charge in [-0.1, -0.05) is 12.1 Å². The van der Waals surface area contributed by atoms with E-state index in [-0.39, 0.29) is 0 Å². The topological polar surface area (TPSA) is 38.0 Å². The Morgan fingerprint density at radius 3 is 2.73 bits per heavy atom. The van der Waals surface area contributed by atoms with Crippen LogP contribution in [0.15, 0.2) is 23.1 Å². The Kier molecular flexibility index (Phi) is 2.93. The Balaban J connectivity index is 2.93. The first-order valence-corrected chi connectivity index (χ1v) is 4.25. The van der Waals surface area contributed by atoms with Crippen LogP contribution < -0.4 is 10.7 Å². The summed E-state index contributed by atoms with van der Waals surface area (Å²) in [4.78, 5) is 3.76. The fourth-order valence-electron chi connectivity index (χ4n) is 0.881. The number of nitrogens with one attached hydrogen (secondary N) is 1. The van der Waals surface area contributed by atoms with Crippen molar-refractivity contribution in [2.75, 3.05) is 0 Å². The predicted molar refractivity (Wildman–Crippen MR) is 49.1 cm³/mol. The van der Waals surface area contributed by atoms with Gasteiger partial charge in [-0.05, 0) is 43.0 Å². The zero-order valence-corrected chi connectivity index (χ0v) is 7.53. The molecule has 1 rings (SSSR count). The molecule has 0 aliphatic carbocycles. The van der Waals surface area contributed by atoms with Crippen LogP contribution in [-0.2, 0) is 0 Å². The van der Waals surface area contributed by atoms with E-state index < -0.39 is 0 Å². The van der Waals surface area contributed by atoms with Crippen molar-refractivity contribution < 1.29 is 0 Å². The molecule has 0 aliphatic heterocycles. The molecule has 1 aromatic rings. The molecule has 3 N–H and O–H groups in total. The van der Waals surface area contributed by atoms with E-state index in [1.807, 2.05) is 0 Å². The van der Waals surface area contributed by atoms with Crippen LogP contribution in [-0.4, -0.2) is 0 Å². The first kappa shape index (κ1) is 8.59. The van der Waals surface area contributed by atoms with Crippen LogP contribution >= 0.6 is 11.9 Å². The van der Waals surface area contributed by atoms with Gasteiger partial charge in [0, 0.05) is 4.90 Å². The molecule has 11 heavy (non-hydrogen) atoms. The summed E-state index contributed by atoms with van der Waals surface area (Å²) in [5, 5.41) is 0. The summed E-state index contributed by atoms with van der Waals surface area (Å²) in [5.41, 5.74) is 2.51. The molecule has 1 aromatic carbocycles. The highest BCUT2D eigenvalue weighted by Gasteiger charge is 1.96. The largest absolute Gasteiger partial charge is 0.261 e. The zero-order chi connectivity index (χ0) is 8.27. The van der Waals surface area contributed by atoms with Crippen molar-refractivity contribution in [3.8, 4) is 0 Å². The molecule has 0 saturated carbocycles. The molecular weight excluding hydrogens is 156 g/mol. The summed E-state index contributed by atoms with van der Waals surface area (Å²) < 4.78 is 0. The predicted octanol–water partition coefficient (Wildman–Crippen LogP) is 1.77. The molecule has 0 aliphatic rings. The summed E-state index contributed by atoms with van der Waals surface area (Å²) in [5.74, 6) is 5.19. The number of hydrazine groups is 1. The van der Waals surface area contributed by atoms with Crippen molar-refractivity contribution in [3.05, 3.63) is 29.3 Å². The van der Waals surface area contributed by atoms with Gasteiger partial charge in [-0.3, -0.25) is 5.84 Å². The fraction of sp³-hybridized carbons (Fsp3) is 0.250. The van der Waals surface area contributed by atoms with Gasteiger partial charge in [0.2, 0.25) is 0 Å². The van der Waals surface area contributed by atoms with Crippen LogP contribution in [0.5, 0.6) is 0 Å². The second-order valence-corrected chi connectivity index (χ2v) is 3.37. The van der Waals surface area contributed by atoms with Gasteiger partial charge in [-0.25, -0.2) is 0 Å². The van der Waals surface area contributed by atoms with E-state index in [0.717, 1.165) is 0 Å². The molecule has 0 unspecified atom stereocenters. The molecule has 0 fully saturated rings. The standard InChI is InChI=1S/C8H12N2S/c1-6-3-4-7(2)8(5-6)11-10-9/h3-5,10H,9H2,1-2H3. The lowest BCUT2D eigenvalue weighted by molar-refractivity contribution is 1.11. The van der Waals surface area contributed by atoms with Crippen molar-refractivity contribution in [1.29, 1.82) is 0 Å². The van der Waals surface area contributed by atoms with Crippen LogP contribution in [0.25, 0.3) is 0 Å². The van der Waals surface area contributed by atoms with Gasteiger partial charge >= 0.3 is 0 Å². The highest BCUT2D eigenvalue weighted by molar-refractivity contribution is 7.97. The first-order chi connectivity index (χ1) is 5.24. The summed E-state index contributed by atoms with van der Waals surface area (Å²) in [6.07, 6.45) is 0. The normalized spacial score (nSPS) is 10.1. The Bertz CT molecular complexity index is 248. The summed E-state index contributed by atoms with van der Waals surface area (Å²) in [6, 6.07) is 6.30. The minimum absolute atomic E-state index is 1.19. The molecule has 0 spiro atoms. The van der Waals surface area contributed by atoms with Crippen LogP contribution in [0.1, 0.15) is 11.1 Å². The van der Waals surface area contributed by atoms with Gasteiger partial charge in [0.25, 0.3) is 0 Å². The highest BCUT2D eigenvalue weighted by Crippen LogP contribution is 2.19. The average molecular weight is 168 g/mol. The van der Waals surface area contributed by atoms with Gasteiger partial charge in [-0.2, -0.15) is 4.83 Å². The number of aryl methyl sites for hydroxylation is 2. The third-order valence-corrected chi connectivity index (χ3v) is 2.29. The smallest absolute Gasteiger partial charge is 0.0272 e. The molecule has 0 aromatic heterocycles. The first-order valence-electron chi connectivity index (χ1n) is 3.43. The molecular formula is C8H12N2S. The lowest BCUT2D eigenvalue weighted by Crippen LogP contribution is -2.11. The summed E-state index contributed by atoms with van der Waals surface area (Å²) >= 11 is 1.44. The van der Waals surface area contributed by atoms with Crippen molar-refractivity contribution in [3.63, 3.8) is 0 Å². The Labute approximate surface area is 71.3 Å². The fourth-order valence-corrected chi connectivity index (χ4v) is 1.48. The lowest BCUT2D eigenvalue weighted by atomic mass is 10.2. The van der Waals surface area contributed by atoms with Gasteiger partial charge < -0.3 is 0 Å². The molecule has 0 saturated heterocycles. The maximum absolute atomic E-state index is 5.19. The lowest BCUT2D eigenvalue weighted by Gasteiger charge is -2.03. The van der Waals surface area contributed by atoms with E-state index in [4.69, 9.17) is 5.84 Å². The molecule has 60 valence electrons. The molecule has 0 atom stereocenters. The van der Waals surface area contributed by atoms with Crippen LogP contribution in [0.2, 0.25) is 0 Å². The van der Waals surface area contributed by atoms with Crippen LogP contribution in [0.3, 0.4) is 0 Å². The molecule has 0 amide bonds. The van der Waals surface area contributed by atoms with E-state index >= 15 is 0 Å². The zero-order valence-electron chi connectivity index (χ0n) is 6.72. The minimum Gasteiger partial charge on any atom is -0.261 e. The molecule has 0 bridgehead atoms. The third kappa shape index (κ3) is 2.22. The van der Waals surface area contributed by atoms with Crippen LogP contribution in [0.4, 0.5) is 0 Å². The SMILES string of the molecule is Cc1ccc(C)c(SNN)c1. The Morgan fingerprint density at radius 2 is 2.09 bits per heavy atom. The quantitative estimate of drug-likeness (QED) is 0.401. The van der Waals surface area contributed by atoms with Gasteiger partial charge in [0.1, 0.15) is 0 Å². The summed E-state index contributed by atoms with van der Waals surface area (Å²) in [6.45, 7) is 4.14. The van der Waals surface area contributed by atoms with Crippen LogP contribution in [0, 0.1) is 13.8 Å². The molecule has 3 heteroatoms. The molecule has 0 heterocycles. The van der Waals surface area contributed by atoms with Gasteiger partial charge in [0.15, 0.2) is 0 Å². The van der Waals surface area contributed by atoms with Crippen molar-refractivity contribution in [2.24, 2.45) is 5.84 Å². The van der Waals surface area contributed by atoms with Crippen molar-refractivity contribution in [2.45, 2.75) is 18.7 Å². The number of hydrogen-bond donors (Lipinski definition) is 2. The third-order valence-electron chi connectivity index (χ3n) is 1.51. The second-order valence-electron chi connectivity index (χ2n) is 2.49. The maximum Gasteiger partial charge on any atom is 0.0272 e. The van der Waals surface area contributed by atoms with Crippen molar-refractivity contribution >= 4 is 11.9 Å². The van der Waals surface area contributed by atoms with E-state index in [1.165, 1.54) is 28.0 Å². The highest BCUT2D eigenvalue weighted by atomic mass is 32.2. The van der Waals surface area contributed by atoms with Gasteiger partial charge in [0.05, 0.1) is 0 Å². The number of hydrogen-bond acceptors (Lipinski definition) is 3. The monoisotopic (exact) mass is 168 g/mol. The molecule has 2 nitrogen and oxygen atoms in total. The molecule has 0 radical (unpaired) electrons. The van der Waals surface area contributed by atoms with E-state index in [0.29, 0.717) is 0 Å². The maximum atomic E-state index is 5.19. The average Bonchev–Trinajstić information content (AvgIpc) is 1.98. The van der Waals surface area contributed by atoms with E-state index in [1.54, 1.807) is 0 Å². The number of nitrogens with two attached hydrogens (primary N) is 1. The minimum atomic E-state index is 1.19. The second kappa shape index (κ2) is 3.76. The van der Waals surface area contributed by atoms with E-state index in [9.17, 15) is 0 Å². The van der Waals surface area contributed by atoms with E-state index in [2.05, 4.69) is 36.9 Å². The Hall–Kier alpha value is -0.510. The van der Waals surface area contributed by atoms with Gasteiger partial charge in [-0.15, -0.1) is 0 Å². The Morgan fingerprint density at radius 1 is 1.36 bits per heavy atom. The number of rotatable bonds is 2.